The molecule has 0 bridgehead atoms. The summed E-state index contributed by atoms with van der Waals surface area (Å²) in [6, 6.07) is 0.0762. The third kappa shape index (κ3) is 16.3. The molecule has 4 aliphatic heterocycles. The highest BCUT2D eigenvalue weighted by molar-refractivity contribution is 5.90. The summed E-state index contributed by atoms with van der Waals surface area (Å²) in [5, 5.41) is 38.9. The number of carbonyl (C=O) groups is 3. The number of hydrogen-bond acceptors (Lipinski definition) is 18. The van der Waals surface area contributed by atoms with Crippen molar-refractivity contribution < 1.29 is 77.2 Å². The second-order valence-corrected chi connectivity index (χ2v) is 22.0. The summed E-state index contributed by atoms with van der Waals surface area (Å²) in [7, 11) is 2.91. The predicted octanol–water partition coefficient (Wildman–Crippen LogP) is 6.31. The molecule has 0 amide bonds. The standard InChI is InChI=1S/C52H92N2O16.CH4/c1-18-19-54-24-31(8)64-40(21-29(54)6)68-46-33(10)43(70-50-42(57)38(53-62-17)22-30(7)65-50)27(4)23-52(15,60)48(58)35(12)45(67-39(55)20-26(2)3)34(11)44(69-49(59)36(46)13)28(5)25-63-51-47(61-16)32(9)41(56)37(14)66-51;/h26-37,40-47,50-51,56-57,60H,18-25H2,1-17H3;1H4/b53-38+;/t27-,28-,29?,30+,31-,32+,33+,34-,35+,36+,37+,40-,41-,42+,43-,44+,45+,46-,47+,50-,51+,52-;/m0./s1. The Kier molecular flexibility index (Phi) is 24.8. The van der Waals surface area contributed by atoms with Gasteiger partial charge in [-0.05, 0) is 72.8 Å². The summed E-state index contributed by atoms with van der Waals surface area (Å²) in [6.45, 7) is 29.2. The molecule has 18 nitrogen and oxygen atoms in total. The van der Waals surface area contributed by atoms with Crippen LogP contribution in [0.3, 0.4) is 0 Å². The Balaban J connectivity index is 0.0000133. The van der Waals surface area contributed by atoms with Crippen molar-refractivity contribution in [3.63, 3.8) is 0 Å². The van der Waals surface area contributed by atoms with Crippen LogP contribution in [0.15, 0.2) is 5.16 Å². The molecule has 18 heteroatoms. The second kappa shape index (κ2) is 28.0. The average Bonchev–Trinajstić information content (AvgIpc) is 3.41. The maximum Gasteiger partial charge on any atom is 0.311 e. The van der Waals surface area contributed by atoms with Crippen LogP contribution in [0.2, 0.25) is 0 Å². The fourth-order valence-corrected chi connectivity index (χ4v) is 11.2. The van der Waals surface area contributed by atoms with Crippen molar-refractivity contribution in [3.05, 3.63) is 0 Å². The van der Waals surface area contributed by atoms with Crippen molar-refractivity contribution in [3.8, 4) is 0 Å². The Bertz CT molecular complexity index is 1680. The normalized spacial score (nSPS) is 42.6. The first-order valence-corrected chi connectivity index (χ1v) is 26.0. The number of nitrogens with zero attached hydrogens (tertiary/aromatic N) is 2. The fourth-order valence-electron chi connectivity index (χ4n) is 11.2. The van der Waals surface area contributed by atoms with Gasteiger partial charge in [0.2, 0.25) is 0 Å². The number of ether oxygens (including phenoxy) is 9. The highest BCUT2D eigenvalue weighted by atomic mass is 16.7. The van der Waals surface area contributed by atoms with E-state index >= 15 is 4.79 Å². The van der Waals surface area contributed by atoms with E-state index in [4.69, 9.17) is 47.5 Å². The lowest BCUT2D eigenvalue weighted by molar-refractivity contribution is -0.288. The monoisotopic (exact) mass is 1020 g/mol. The van der Waals surface area contributed by atoms with Gasteiger partial charge in [-0.1, -0.05) is 74.9 Å². The first kappa shape index (κ1) is 62.9. The van der Waals surface area contributed by atoms with Gasteiger partial charge >= 0.3 is 11.9 Å². The number of carbonyl (C=O) groups excluding carboxylic acids is 3. The fraction of sp³-hybridized carbons (Fsp3) is 0.925. The zero-order valence-corrected chi connectivity index (χ0v) is 45.4. The van der Waals surface area contributed by atoms with Crippen LogP contribution in [-0.2, 0) is 61.9 Å². The van der Waals surface area contributed by atoms with Crippen LogP contribution in [0.1, 0.15) is 143 Å². The van der Waals surface area contributed by atoms with Crippen molar-refractivity contribution in [2.45, 2.75) is 235 Å². The molecule has 1 unspecified atom stereocenters. The zero-order chi connectivity index (χ0) is 52.5. The number of aliphatic hydroxyl groups excluding tert-OH is 2. The summed E-state index contributed by atoms with van der Waals surface area (Å²) < 4.78 is 57.9. The van der Waals surface area contributed by atoms with E-state index in [0.717, 1.165) is 13.0 Å². The summed E-state index contributed by atoms with van der Waals surface area (Å²) in [5.41, 5.74) is -1.67. The molecule has 0 radical (unpaired) electrons. The zero-order valence-electron chi connectivity index (χ0n) is 45.4. The molecule has 4 fully saturated rings. The Labute approximate surface area is 425 Å². The van der Waals surface area contributed by atoms with E-state index in [9.17, 15) is 24.9 Å². The van der Waals surface area contributed by atoms with E-state index in [2.05, 4.69) is 23.9 Å². The molecule has 0 spiro atoms. The van der Waals surface area contributed by atoms with Crippen molar-refractivity contribution >= 4 is 23.4 Å². The number of rotatable bonds is 15. The van der Waals surface area contributed by atoms with Gasteiger partial charge < -0.3 is 62.8 Å². The highest BCUT2D eigenvalue weighted by Crippen LogP contribution is 2.39. The minimum Gasteiger partial charge on any atom is -0.461 e. The molecular weight excluding hydrogens is 921 g/mol. The van der Waals surface area contributed by atoms with E-state index < -0.39 is 133 Å². The SMILES string of the molecule is C.CCCN1C[C@H](C)O[C@@H](O[C@H]2[C@H](C)[C@@H](O[C@@H]3O[C@H](C)C/C(=N\OC)[C@H]3O)[C@@H](C)C[C@](C)(O)C(=O)[C@H](C)[C@H](OC(=O)CC(C)C)[C@@H](C)[C@@H]([C@@H](C)CO[C@@H]3O[C@H](C)[C@@H](O)[C@@H](C)[C@H]3OC)OC(=O)[C@@H]2C)CC1C. The summed E-state index contributed by atoms with van der Waals surface area (Å²) in [5.74, 6) is -6.98. The van der Waals surface area contributed by atoms with Crippen LogP contribution in [0.5, 0.6) is 0 Å². The Morgan fingerprint density at radius 2 is 1.51 bits per heavy atom. The van der Waals surface area contributed by atoms with Crippen molar-refractivity contribution in [2.75, 3.05) is 33.9 Å². The van der Waals surface area contributed by atoms with E-state index in [0.29, 0.717) is 25.1 Å². The molecule has 0 aromatic carbocycles. The minimum atomic E-state index is -2.00. The molecule has 4 saturated heterocycles. The predicted molar refractivity (Wildman–Crippen MR) is 267 cm³/mol. The number of oxime groups is 1. The molecule has 4 rings (SSSR count). The molecule has 4 aliphatic rings. The maximum atomic E-state index is 15.2. The molecule has 0 aromatic rings. The molecule has 0 aromatic heterocycles. The smallest absolute Gasteiger partial charge is 0.311 e. The van der Waals surface area contributed by atoms with Gasteiger partial charge in [-0.15, -0.1) is 0 Å². The number of aliphatic hydroxyl groups is 3. The summed E-state index contributed by atoms with van der Waals surface area (Å²) in [6.07, 6.45) is -9.22. The van der Waals surface area contributed by atoms with Crippen LogP contribution >= 0.6 is 0 Å². The first-order chi connectivity index (χ1) is 32.8. The van der Waals surface area contributed by atoms with Crippen molar-refractivity contribution in [1.82, 2.24) is 4.90 Å². The molecule has 3 N–H and O–H groups in total. The van der Waals surface area contributed by atoms with Crippen LogP contribution in [0, 0.1) is 47.3 Å². The lowest BCUT2D eigenvalue weighted by atomic mass is 9.74. The van der Waals surface area contributed by atoms with Gasteiger partial charge in [-0.25, -0.2) is 0 Å². The van der Waals surface area contributed by atoms with Gasteiger partial charge in [0, 0.05) is 62.6 Å². The van der Waals surface area contributed by atoms with Gasteiger partial charge in [-0.3, -0.25) is 19.3 Å². The van der Waals surface area contributed by atoms with Crippen LogP contribution in [-0.4, -0.2) is 169 Å². The molecule has 4 heterocycles. The molecule has 0 aliphatic carbocycles. The largest absolute Gasteiger partial charge is 0.461 e. The summed E-state index contributed by atoms with van der Waals surface area (Å²) in [4.78, 5) is 51.2. The Morgan fingerprint density at radius 3 is 2.11 bits per heavy atom. The van der Waals surface area contributed by atoms with E-state index in [1.807, 2.05) is 55.4 Å². The average molecular weight is 1020 g/mol. The quantitative estimate of drug-likeness (QED) is 0.121. The number of hydrogen-bond donors (Lipinski definition) is 3. The lowest BCUT2D eigenvalue weighted by Gasteiger charge is -2.44. The topological polar surface area (TPSA) is 220 Å². The third-order valence-electron chi connectivity index (χ3n) is 15.1. The van der Waals surface area contributed by atoms with E-state index in [1.165, 1.54) is 21.1 Å². The number of cyclic esters (lactones) is 1. The van der Waals surface area contributed by atoms with Gasteiger partial charge in [0.15, 0.2) is 24.7 Å². The summed E-state index contributed by atoms with van der Waals surface area (Å²) >= 11 is 0. The molecular formula is C53H96N2O16. The number of Topliss-reactive ketones (excluding diaryl/α,β-unsaturated/α-hetero) is 1. The van der Waals surface area contributed by atoms with Gasteiger partial charge in [0.25, 0.3) is 0 Å². The van der Waals surface area contributed by atoms with Gasteiger partial charge in [-0.2, -0.15) is 0 Å². The first-order valence-electron chi connectivity index (χ1n) is 26.0. The minimum absolute atomic E-state index is 0. The highest BCUT2D eigenvalue weighted by Gasteiger charge is 2.51. The number of methoxy groups -OCH3 is 1. The number of ketones is 1. The van der Waals surface area contributed by atoms with Gasteiger partial charge in [0.05, 0.1) is 60.8 Å². The van der Waals surface area contributed by atoms with Crippen molar-refractivity contribution in [1.29, 1.82) is 0 Å². The van der Waals surface area contributed by atoms with Gasteiger partial charge in [0.1, 0.15) is 37.1 Å². The Hall–Kier alpha value is -2.36. The lowest BCUT2D eigenvalue weighted by Crippen LogP contribution is -2.55. The van der Waals surface area contributed by atoms with Crippen LogP contribution < -0.4 is 0 Å². The van der Waals surface area contributed by atoms with Crippen molar-refractivity contribution in [2.24, 2.45) is 52.5 Å². The third-order valence-corrected chi connectivity index (χ3v) is 15.1. The maximum absolute atomic E-state index is 15.2. The molecule has 22 atom stereocenters. The van der Waals surface area contributed by atoms with E-state index in [1.54, 1.807) is 27.7 Å². The molecule has 71 heavy (non-hydrogen) atoms. The van der Waals surface area contributed by atoms with Crippen LogP contribution in [0.4, 0.5) is 0 Å². The second-order valence-electron chi connectivity index (χ2n) is 22.0. The molecule has 414 valence electrons. The molecule has 0 saturated carbocycles. The van der Waals surface area contributed by atoms with Crippen LogP contribution in [0.25, 0.3) is 0 Å². The van der Waals surface area contributed by atoms with E-state index in [-0.39, 0.29) is 50.9 Å². The Morgan fingerprint density at radius 1 is 0.845 bits per heavy atom. The number of esters is 2.